The molecule has 1 rings (SSSR count). The molecular formula is C10H11ClO2. The van der Waals surface area contributed by atoms with Crippen LogP contribution in [0.2, 0.25) is 0 Å². The van der Waals surface area contributed by atoms with Gasteiger partial charge in [0, 0.05) is 11.1 Å². The first-order valence-electron chi connectivity index (χ1n) is 3.80. The van der Waals surface area contributed by atoms with E-state index in [2.05, 4.69) is 0 Å². The van der Waals surface area contributed by atoms with Crippen molar-refractivity contribution in [2.75, 3.05) is 14.2 Å². The van der Waals surface area contributed by atoms with E-state index in [9.17, 15) is 0 Å². The predicted octanol–water partition coefficient (Wildman–Crippen LogP) is 2.88. The molecule has 0 amide bonds. The van der Waals surface area contributed by atoms with E-state index in [4.69, 9.17) is 21.1 Å². The second-order valence-corrected chi connectivity index (χ2v) is 2.63. The Morgan fingerprint density at radius 2 is 2.15 bits per heavy atom. The SMILES string of the molecule is CO/C(=C/Cl)c1cccc(OC)c1. The van der Waals surface area contributed by atoms with Crippen molar-refractivity contribution in [1.29, 1.82) is 0 Å². The van der Waals surface area contributed by atoms with E-state index in [0.717, 1.165) is 11.3 Å². The third-order valence-electron chi connectivity index (χ3n) is 1.67. The second-order valence-electron chi connectivity index (χ2n) is 2.41. The first-order valence-corrected chi connectivity index (χ1v) is 4.24. The van der Waals surface area contributed by atoms with Crippen molar-refractivity contribution in [3.63, 3.8) is 0 Å². The van der Waals surface area contributed by atoms with Crippen LogP contribution in [0.1, 0.15) is 5.56 Å². The summed E-state index contributed by atoms with van der Waals surface area (Å²) in [5.74, 6) is 1.41. The van der Waals surface area contributed by atoms with Crippen LogP contribution in [0.15, 0.2) is 29.8 Å². The first-order chi connectivity index (χ1) is 6.31. The van der Waals surface area contributed by atoms with Crippen LogP contribution >= 0.6 is 11.6 Å². The Hall–Kier alpha value is -1.15. The summed E-state index contributed by atoms with van der Waals surface area (Å²) in [6.07, 6.45) is 0. The summed E-state index contributed by atoms with van der Waals surface area (Å²) >= 11 is 5.57. The minimum Gasteiger partial charge on any atom is -0.497 e. The fourth-order valence-electron chi connectivity index (χ4n) is 1.00. The zero-order valence-corrected chi connectivity index (χ0v) is 8.34. The Morgan fingerprint density at radius 1 is 1.38 bits per heavy atom. The van der Waals surface area contributed by atoms with Crippen molar-refractivity contribution >= 4 is 17.4 Å². The molecule has 0 aliphatic carbocycles. The molecule has 0 fully saturated rings. The molecule has 0 atom stereocenters. The number of ether oxygens (including phenoxy) is 2. The van der Waals surface area contributed by atoms with Gasteiger partial charge in [-0.2, -0.15) is 0 Å². The lowest BCUT2D eigenvalue weighted by Crippen LogP contribution is -1.88. The lowest BCUT2D eigenvalue weighted by atomic mass is 10.2. The van der Waals surface area contributed by atoms with Crippen LogP contribution in [0, 0.1) is 0 Å². The first kappa shape index (κ1) is 9.93. The van der Waals surface area contributed by atoms with Crippen molar-refractivity contribution in [2.45, 2.75) is 0 Å². The largest absolute Gasteiger partial charge is 0.497 e. The van der Waals surface area contributed by atoms with Crippen molar-refractivity contribution in [1.82, 2.24) is 0 Å². The fourth-order valence-corrected chi connectivity index (χ4v) is 1.22. The summed E-state index contributed by atoms with van der Waals surface area (Å²) in [6.45, 7) is 0. The Balaban J connectivity index is 3.00. The van der Waals surface area contributed by atoms with Crippen LogP contribution < -0.4 is 4.74 Å². The lowest BCUT2D eigenvalue weighted by Gasteiger charge is -2.06. The van der Waals surface area contributed by atoms with E-state index in [-0.39, 0.29) is 0 Å². The maximum Gasteiger partial charge on any atom is 0.137 e. The third kappa shape index (κ3) is 2.39. The topological polar surface area (TPSA) is 18.5 Å². The van der Waals surface area contributed by atoms with Crippen LogP contribution in [0.5, 0.6) is 5.75 Å². The molecule has 13 heavy (non-hydrogen) atoms. The Morgan fingerprint density at radius 3 is 2.69 bits per heavy atom. The van der Waals surface area contributed by atoms with Gasteiger partial charge in [-0.3, -0.25) is 0 Å². The highest BCUT2D eigenvalue weighted by atomic mass is 35.5. The standard InChI is InChI=1S/C10H11ClO2/c1-12-9-5-3-4-8(6-9)10(7-11)13-2/h3-7H,1-2H3/b10-7+. The lowest BCUT2D eigenvalue weighted by molar-refractivity contribution is 0.369. The van der Waals surface area contributed by atoms with Crippen LogP contribution in [-0.4, -0.2) is 14.2 Å². The highest BCUT2D eigenvalue weighted by molar-refractivity contribution is 6.27. The van der Waals surface area contributed by atoms with Crippen LogP contribution in [-0.2, 0) is 4.74 Å². The van der Waals surface area contributed by atoms with Gasteiger partial charge in [0.25, 0.3) is 0 Å². The number of benzene rings is 1. The van der Waals surface area contributed by atoms with Crippen molar-refractivity contribution in [2.24, 2.45) is 0 Å². The summed E-state index contributed by atoms with van der Waals surface area (Å²) in [7, 11) is 3.20. The zero-order chi connectivity index (χ0) is 9.68. The molecule has 0 radical (unpaired) electrons. The molecule has 1 aromatic carbocycles. The zero-order valence-electron chi connectivity index (χ0n) is 7.58. The van der Waals surface area contributed by atoms with Crippen molar-refractivity contribution in [3.8, 4) is 5.75 Å². The maximum absolute atomic E-state index is 5.57. The highest BCUT2D eigenvalue weighted by Gasteiger charge is 2.01. The molecule has 0 saturated carbocycles. The normalized spacial score (nSPS) is 11.2. The van der Waals surface area contributed by atoms with Crippen molar-refractivity contribution < 1.29 is 9.47 Å². The van der Waals surface area contributed by atoms with Gasteiger partial charge >= 0.3 is 0 Å². The molecule has 0 aliphatic heterocycles. The highest BCUT2D eigenvalue weighted by Crippen LogP contribution is 2.20. The summed E-state index contributed by atoms with van der Waals surface area (Å²) in [5, 5.41) is 0. The monoisotopic (exact) mass is 198 g/mol. The summed E-state index contributed by atoms with van der Waals surface area (Å²) in [5.41, 5.74) is 2.30. The Labute approximate surface area is 82.7 Å². The molecule has 3 heteroatoms. The number of methoxy groups -OCH3 is 2. The second kappa shape index (κ2) is 4.77. The molecule has 0 bridgehead atoms. The quantitative estimate of drug-likeness (QED) is 0.696. The summed E-state index contributed by atoms with van der Waals surface area (Å²) in [4.78, 5) is 0. The molecule has 0 spiro atoms. The van der Waals surface area contributed by atoms with Gasteiger partial charge in [-0.05, 0) is 12.1 Å². The van der Waals surface area contributed by atoms with E-state index >= 15 is 0 Å². The summed E-state index contributed by atoms with van der Waals surface area (Å²) in [6, 6.07) is 7.51. The summed E-state index contributed by atoms with van der Waals surface area (Å²) < 4.78 is 10.1. The van der Waals surface area contributed by atoms with Gasteiger partial charge in [0.2, 0.25) is 0 Å². The molecule has 0 saturated heterocycles. The minimum atomic E-state index is 0.626. The molecule has 1 aromatic rings. The van der Waals surface area contributed by atoms with E-state index < -0.39 is 0 Å². The average Bonchev–Trinajstić information content (AvgIpc) is 2.20. The van der Waals surface area contributed by atoms with Gasteiger partial charge in [-0.15, -0.1) is 0 Å². The molecule has 0 aromatic heterocycles. The van der Waals surface area contributed by atoms with Gasteiger partial charge in [0.05, 0.1) is 14.2 Å². The van der Waals surface area contributed by atoms with Gasteiger partial charge < -0.3 is 9.47 Å². The molecule has 0 aliphatic rings. The molecule has 0 heterocycles. The van der Waals surface area contributed by atoms with Gasteiger partial charge in [0.15, 0.2) is 0 Å². The number of halogens is 1. The minimum absolute atomic E-state index is 0.626. The number of hydrogen-bond donors (Lipinski definition) is 0. The van der Waals surface area contributed by atoms with E-state index in [1.165, 1.54) is 5.54 Å². The fraction of sp³-hybridized carbons (Fsp3) is 0.200. The Bertz CT molecular complexity index is 308. The third-order valence-corrected chi connectivity index (χ3v) is 1.87. The Kier molecular flexibility index (Phi) is 3.65. The molecule has 2 nitrogen and oxygen atoms in total. The molecule has 0 N–H and O–H groups in total. The molecule has 0 unspecified atom stereocenters. The molecular weight excluding hydrogens is 188 g/mol. The van der Waals surface area contributed by atoms with Gasteiger partial charge in [-0.25, -0.2) is 0 Å². The van der Waals surface area contributed by atoms with Crippen molar-refractivity contribution in [3.05, 3.63) is 35.4 Å². The van der Waals surface area contributed by atoms with E-state index in [1.807, 2.05) is 24.3 Å². The van der Waals surface area contributed by atoms with Gasteiger partial charge in [-0.1, -0.05) is 23.7 Å². The number of hydrogen-bond acceptors (Lipinski definition) is 2. The number of rotatable bonds is 3. The van der Waals surface area contributed by atoms with Crippen LogP contribution in [0.3, 0.4) is 0 Å². The van der Waals surface area contributed by atoms with E-state index in [1.54, 1.807) is 14.2 Å². The van der Waals surface area contributed by atoms with E-state index in [0.29, 0.717) is 5.76 Å². The van der Waals surface area contributed by atoms with Crippen LogP contribution in [0.4, 0.5) is 0 Å². The predicted molar refractivity (Wildman–Crippen MR) is 53.8 cm³/mol. The van der Waals surface area contributed by atoms with Crippen LogP contribution in [0.25, 0.3) is 5.76 Å². The smallest absolute Gasteiger partial charge is 0.137 e. The molecule has 70 valence electrons. The maximum atomic E-state index is 5.57. The average molecular weight is 199 g/mol. The van der Waals surface area contributed by atoms with Gasteiger partial charge in [0.1, 0.15) is 11.5 Å².